The fourth-order valence-corrected chi connectivity index (χ4v) is 1.37. The summed E-state index contributed by atoms with van der Waals surface area (Å²) in [6.07, 6.45) is 3.58. The van der Waals surface area contributed by atoms with Crippen molar-refractivity contribution < 1.29 is 4.42 Å². The summed E-state index contributed by atoms with van der Waals surface area (Å²) in [4.78, 5) is 0. The van der Waals surface area contributed by atoms with Crippen molar-refractivity contribution >= 4 is 0 Å². The van der Waals surface area contributed by atoms with Crippen LogP contribution >= 0.6 is 0 Å². The van der Waals surface area contributed by atoms with Crippen molar-refractivity contribution in [2.45, 2.75) is 45.2 Å². The van der Waals surface area contributed by atoms with Crippen LogP contribution in [-0.4, -0.2) is 5.54 Å². The van der Waals surface area contributed by atoms with Crippen LogP contribution in [0.2, 0.25) is 0 Å². The highest BCUT2D eigenvalue weighted by Gasteiger charge is 2.36. The summed E-state index contributed by atoms with van der Waals surface area (Å²) in [5, 5.41) is 3.49. The molecule has 1 aliphatic rings. The second kappa shape index (κ2) is 3.18. The van der Waals surface area contributed by atoms with E-state index in [1.165, 1.54) is 12.8 Å². The van der Waals surface area contributed by atoms with E-state index >= 15 is 0 Å². The smallest absolute Gasteiger partial charge is 0.117 e. The third-order valence-corrected chi connectivity index (χ3v) is 2.76. The Kier molecular flexibility index (Phi) is 2.16. The van der Waals surface area contributed by atoms with Crippen molar-refractivity contribution in [2.75, 3.05) is 0 Å². The number of hydrogen-bond acceptors (Lipinski definition) is 2. The Balaban J connectivity index is 1.87. The molecule has 2 nitrogen and oxygen atoms in total. The van der Waals surface area contributed by atoms with Crippen LogP contribution in [0, 0.1) is 0 Å². The Hall–Kier alpha value is -0.760. The van der Waals surface area contributed by atoms with E-state index in [0.717, 1.165) is 24.5 Å². The van der Waals surface area contributed by atoms with Crippen LogP contribution in [-0.2, 0) is 13.0 Å². The molecule has 0 spiro atoms. The molecular weight excluding hydrogens is 162 g/mol. The molecule has 13 heavy (non-hydrogen) atoms. The number of hydrogen-bond donors (Lipinski definition) is 1. The van der Waals surface area contributed by atoms with Gasteiger partial charge in [0.2, 0.25) is 0 Å². The van der Waals surface area contributed by atoms with Gasteiger partial charge in [0.05, 0.1) is 6.54 Å². The van der Waals surface area contributed by atoms with Gasteiger partial charge in [0, 0.05) is 12.0 Å². The Morgan fingerprint density at radius 1 is 1.38 bits per heavy atom. The molecule has 0 amide bonds. The number of nitrogens with one attached hydrogen (secondary N) is 1. The first-order valence-electron chi connectivity index (χ1n) is 5.04. The van der Waals surface area contributed by atoms with Gasteiger partial charge >= 0.3 is 0 Å². The van der Waals surface area contributed by atoms with Gasteiger partial charge in [-0.1, -0.05) is 6.92 Å². The van der Waals surface area contributed by atoms with Crippen LogP contribution < -0.4 is 5.32 Å². The van der Waals surface area contributed by atoms with Gasteiger partial charge in [-0.15, -0.1) is 0 Å². The first-order chi connectivity index (χ1) is 6.22. The Morgan fingerprint density at radius 3 is 2.62 bits per heavy atom. The molecule has 1 saturated carbocycles. The van der Waals surface area contributed by atoms with Gasteiger partial charge in [0.1, 0.15) is 11.5 Å². The number of aryl methyl sites for hydroxylation is 1. The minimum absolute atomic E-state index is 0.402. The maximum Gasteiger partial charge on any atom is 0.117 e. The third kappa shape index (κ3) is 2.13. The summed E-state index contributed by atoms with van der Waals surface area (Å²) in [6.45, 7) is 5.24. The molecule has 0 aliphatic heterocycles. The van der Waals surface area contributed by atoms with Gasteiger partial charge in [0.15, 0.2) is 0 Å². The van der Waals surface area contributed by atoms with E-state index in [1.807, 2.05) is 0 Å². The molecule has 0 aromatic carbocycles. The lowest BCUT2D eigenvalue weighted by atomic mass is 10.3. The van der Waals surface area contributed by atoms with Crippen LogP contribution in [0.15, 0.2) is 16.5 Å². The topological polar surface area (TPSA) is 25.2 Å². The van der Waals surface area contributed by atoms with E-state index in [2.05, 4.69) is 31.3 Å². The van der Waals surface area contributed by atoms with E-state index in [9.17, 15) is 0 Å². The second-order valence-corrected chi connectivity index (χ2v) is 4.14. The Bertz CT molecular complexity index is 286. The number of furan rings is 1. The fourth-order valence-electron chi connectivity index (χ4n) is 1.37. The fraction of sp³-hybridized carbons (Fsp3) is 0.636. The number of rotatable bonds is 4. The maximum absolute atomic E-state index is 5.59. The van der Waals surface area contributed by atoms with Crippen molar-refractivity contribution in [1.82, 2.24) is 5.32 Å². The Morgan fingerprint density at radius 2 is 2.08 bits per heavy atom. The zero-order chi connectivity index (χ0) is 9.31. The van der Waals surface area contributed by atoms with E-state index in [0.29, 0.717) is 5.54 Å². The molecule has 2 heteroatoms. The second-order valence-electron chi connectivity index (χ2n) is 4.14. The largest absolute Gasteiger partial charge is 0.465 e. The quantitative estimate of drug-likeness (QED) is 0.768. The molecule has 1 N–H and O–H groups in total. The highest BCUT2D eigenvalue weighted by Crippen LogP contribution is 2.34. The molecule has 0 radical (unpaired) electrons. The molecule has 0 bridgehead atoms. The monoisotopic (exact) mass is 179 g/mol. The zero-order valence-corrected chi connectivity index (χ0v) is 8.39. The first-order valence-corrected chi connectivity index (χ1v) is 5.04. The molecule has 1 heterocycles. The van der Waals surface area contributed by atoms with Crippen LogP contribution in [0.25, 0.3) is 0 Å². The van der Waals surface area contributed by atoms with E-state index < -0.39 is 0 Å². The lowest BCUT2D eigenvalue weighted by Crippen LogP contribution is -2.26. The molecule has 1 aromatic heterocycles. The Labute approximate surface area is 79.3 Å². The van der Waals surface area contributed by atoms with Crippen LogP contribution in [0.3, 0.4) is 0 Å². The molecule has 0 saturated heterocycles. The molecule has 72 valence electrons. The first kappa shape index (κ1) is 8.82. The van der Waals surface area contributed by atoms with Crippen LogP contribution in [0.5, 0.6) is 0 Å². The van der Waals surface area contributed by atoms with Crippen molar-refractivity contribution in [3.05, 3.63) is 23.7 Å². The summed E-state index contributed by atoms with van der Waals surface area (Å²) < 4.78 is 5.59. The zero-order valence-electron chi connectivity index (χ0n) is 8.39. The molecular formula is C11H17NO. The van der Waals surface area contributed by atoms with Crippen molar-refractivity contribution in [1.29, 1.82) is 0 Å². The summed E-state index contributed by atoms with van der Waals surface area (Å²) >= 11 is 0. The van der Waals surface area contributed by atoms with Crippen LogP contribution in [0.1, 0.15) is 38.2 Å². The predicted octanol–water partition coefficient (Wildman–Crippen LogP) is 2.48. The molecule has 1 fully saturated rings. The van der Waals surface area contributed by atoms with Crippen LogP contribution in [0.4, 0.5) is 0 Å². The molecule has 1 aliphatic carbocycles. The van der Waals surface area contributed by atoms with Crippen molar-refractivity contribution in [3.63, 3.8) is 0 Å². The van der Waals surface area contributed by atoms with Gasteiger partial charge in [-0.05, 0) is 31.9 Å². The molecule has 0 unspecified atom stereocenters. The van der Waals surface area contributed by atoms with E-state index in [-0.39, 0.29) is 0 Å². The average Bonchev–Trinajstić information content (AvgIpc) is 2.69. The minimum atomic E-state index is 0.402. The van der Waals surface area contributed by atoms with E-state index in [1.54, 1.807) is 0 Å². The highest BCUT2D eigenvalue weighted by atomic mass is 16.3. The molecule has 1 aromatic rings. The SMILES string of the molecule is CCc1ccc(CNC2(C)CC2)o1. The summed E-state index contributed by atoms with van der Waals surface area (Å²) in [7, 11) is 0. The lowest BCUT2D eigenvalue weighted by Gasteiger charge is -2.08. The van der Waals surface area contributed by atoms with Gasteiger partial charge < -0.3 is 9.73 Å². The minimum Gasteiger partial charge on any atom is -0.465 e. The van der Waals surface area contributed by atoms with E-state index in [4.69, 9.17) is 4.42 Å². The molecule has 2 rings (SSSR count). The summed E-state index contributed by atoms with van der Waals surface area (Å²) in [6, 6.07) is 4.13. The summed E-state index contributed by atoms with van der Waals surface area (Å²) in [5.74, 6) is 2.14. The highest BCUT2D eigenvalue weighted by molar-refractivity contribution is 5.08. The lowest BCUT2D eigenvalue weighted by molar-refractivity contribution is 0.426. The van der Waals surface area contributed by atoms with Gasteiger partial charge in [0.25, 0.3) is 0 Å². The average molecular weight is 179 g/mol. The van der Waals surface area contributed by atoms with Crippen molar-refractivity contribution in [3.8, 4) is 0 Å². The normalized spacial score (nSPS) is 18.9. The molecule has 0 atom stereocenters. The summed E-state index contributed by atoms with van der Waals surface area (Å²) in [5.41, 5.74) is 0.402. The van der Waals surface area contributed by atoms with Gasteiger partial charge in [-0.25, -0.2) is 0 Å². The van der Waals surface area contributed by atoms with Gasteiger partial charge in [-0.3, -0.25) is 0 Å². The third-order valence-electron chi connectivity index (χ3n) is 2.76. The van der Waals surface area contributed by atoms with Gasteiger partial charge in [-0.2, -0.15) is 0 Å². The van der Waals surface area contributed by atoms with Crippen molar-refractivity contribution in [2.24, 2.45) is 0 Å². The predicted molar refractivity (Wildman–Crippen MR) is 52.6 cm³/mol. The standard InChI is InChI=1S/C11H17NO/c1-3-9-4-5-10(13-9)8-12-11(2)6-7-11/h4-5,12H,3,6-8H2,1-2H3. The maximum atomic E-state index is 5.59.